The van der Waals surface area contributed by atoms with Crippen molar-refractivity contribution >= 4 is 15.9 Å². The van der Waals surface area contributed by atoms with Crippen molar-refractivity contribution in [2.45, 2.75) is 73.6 Å². The summed E-state index contributed by atoms with van der Waals surface area (Å²) >= 11 is 3.72. The molecule has 4 heteroatoms. The van der Waals surface area contributed by atoms with Gasteiger partial charge >= 0.3 is 0 Å². The Hall–Kier alpha value is -1.52. The maximum Gasteiger partial charge on any atom is 0.162 e. The SMILES string of the molecule is CCOc1cc(CNC(C)(C)CC(C)(C)C)c(Br)cc1OCc1cccc(C)c1. The molecule has 160 valence electrons. The number of rotatable bonds is 9. The lowest BCUT2D eigenvalue weighted by Crippen LogP contribution is -2.41. The van der Waals surface area contributed by atoms with Crippen molar-refractivity contribution < 1.29 is 9.47 Å². The fourth-order valence-electron chi connectivity index (χ4n) is 3.78. The van der Waals surface area contributed by atoms with Crippen molar-refractivity contribution in [2.24, 2.45) is 5.41 Å². The minimum absolute atomic E-state index is 0.0454. The summed E-state index contributed by atoms with van der Waals surface area (Å²) in [6.07, 6.45) is 1.09. The third kappa shape index (κ3) is 8.02. The molecule has 2 aromatic carbocycles. The second-order valence-corrected chi connectivity index (χ2v) is 10.4. The Morgan fingerprint density at radius 1 is 0.966 bits per heavy atom. The molecule has 0 fully saturated rings. The molecule has 0 heterocycles. The van der Waals surface area contributed by atoms with Crippen LogP contribution in [0.15, 0.2) is 40.9 Å². The highest BCUT2D eigenvalue weighted by Gasteiger charge is 2.25. The van der Waals surface area contributed by atoms with Gasteiger partial charge in [0.25, 0.3) is 0 Å². The van der Waals surface area contributed by atoms with Crippen LogP contribution in [0.25, 0.3) is 0 Å². The van der Waals surface area contributed by atoms with Gasteiger partial charge in [-0.3, -0.25) is 0 Å². The van der Waals surface area contributed by atoms with E-state index in [0.29, 0.717) is 13.2 Å². The van der Waals surface area contributed by atoms with Crippen LogP contribution in [0.5, 0.6) is 11.5 Å². The average molecular weight is 462 g/mol. The topological polar surface area (TPSA) is 30.5 Å². The van der Waals surface area contributed by atoms with Crippen molar-refractivity contribution in [3.63, 3.8) is 0 Å². The summed E-state index contributed by atoms with van der Waals surface area (Å²) in [4.78, 5) is 0. The van der Waals surface area contributed by atoms with Gasteiger partial charge in [-0.1, -0.05) is 66.5 Å². The van der Waals surface area contributed by atoms with Crippen molar-refractivity contribution in [1.82, 2.24) is 5.32 Å². The number of hydrogen-bond acceptors (Lipinski definition) is 3. The van der Waals surface area contributed by atoms with E-state index >= 15 is 0 Å². The van der Waals surface area contributed by atoms with E-state index in [1.54, 1.807) is 0 Å². The first-order chi connectivity index (χ1) is 13.5. The predicted molar refractivity (Wildman–Crippen MR) is 126 cm³/mol. The van der Waals surface area contributed by atoms with Crippen molar-refractivity contribution in [2.75, 3.05) is 6.61 Å². The largest absolute Gasteiger partial charge is 0.490 e. The van der Waals surface area contributed by atoms with Crippen LogP contribution in [-0.2, 0) is 13.2 Å². The maximum absolute atomic E-state index is 6.10. The van der Waals surface area contributed by atoms with Gasteiger partial charge in [-0.2, -0.15) is 0 Å². The van der Waals surface area contributed by atoms with Crippen molar-refractivity contribution in [1.29, 1.82) is 0 Å². The molecule has 0 radical (unpaired) electrons. The Labute approximate surface area is 185 Å². The van der Waals surface area contributed by atoms with Crippen LogP contribution in [0.4, 0.5) is 0 Å². The predicted octanol–water partition coefficient (Wildman–Crippen LogP) is 7.04. The zero-order valence-electron chi connectivity index (χ0n) is 19.0. The van der Waals surface area contributed by atoms with Crippen LogP contribution in [-0.4, -0.2) is 12.1 Å². The molecule has 0 spiro atoms. The molecule has 0 bridgehead atoms. The minimum Gasteiger partial charge on any atom is -0.490 e. The summed E-state index contributed by atoms with van der Waals surface area (Å²) < 4.78 is 13.0. The number of nitrogens with one attached hydrogen (secondary N) is 1. The molecule has 2 rings (SSSR count). The number of aryl methyl sites for hydroxylation is 1. The molecular formula is C25H36BrNO2. The van der Waals surface area contributed by atoms with Crippen molar-refractivity contribution in [3.8, 4) is 11.5 Å². The Morgan fingerprint density at radius 2 is 1.66 bits per heavy atom. The van der Waals surface area contributed by atoms with Gasteiger partial charge in [-0.05, 0) is 62.8 Å². The molecule has 29 heavy (non-hydrogen) atoms. The van der Waals surface area contributed by atoms with Crippen LogP contribution in [0, 0.1) is 12.3 Å². The van der Waals surface area contributed by atoms with Crippen LogP contribution in [0.1, 0.15) is 64.7 Å². The molecule has 0 saturated heterocycles. The van der Waals surface area contributed by atoms with Gasteiger partial charge < -0.3 is 14.8 Å². The molecular weight excluding hydrogens is 426 g/mol. The fourth-order valence-corrected chi connectivity index (χ4v) is 4.24. The highest BCUT2D eigenvalue weighted by atomic mass is 79.9. The van der Waals surface area contributed by atoms with E-state index in [0.717, 1.165) is 34.5 Å². The normalized spacial score (nSPS) is 12.1. The number of ether oxygens (including phenoxy) is 2. The Balaban J connectivity index is 2.14. The van der Waals surface area contributed by atoms with E-state index in [4.69, 9.17) is 9.47 Å². The quantitative estimate of drug-likeness (QED) is 0.434. The minimum atomic E-state index is 0.0454. The molecule has 0 aliphatic carbocycles. The molecule has 2 aromatic rings. The van der Waals surface area contributed by atoms with Gasteiger partial charge in [0.1, 0.15) is 6.61 Å². The Morgan fingerprint density at radius 3 is 2.28 bits per heavy atom. The smallest absolute Gasteiger partial charge is 0.162 e. The van der Waals surface area contributed by atoms with Crippen LogP contribution >= 0.6 is 15.9 Å². The number of hydrogen-bond donors (Lipinski definition) is 1. The molecule has 0 unspecified atom stereocenters. The lowest BCUT2D eigenvalue weighted by molar-refractivity contribution is 0.240. The highest BCUT2D eigenvalue weighted by Crippen LogP contribution is 2.35. The summed E-state index contributed by atoms with van der Waals surface area (Å²) in [7, 11) is 0. The standard InChI is InChI=1S/C25H36BrNO2/c1-8-28-22-13-20(15-27-25(6,7)17-24(3,4)5)21(26)14-23(22)29-16-19-11-9-10-18(2)12-19/h9-14,27H,8,15-17H2,1-7H3. The molecule has 3 nitrogen and oxygen atoms in total. The Bertz CT molecular complexity index is 809. The lowest BCUT2D eigenvalue weighted by atomic mass is 9.82. The second-order valence-electron chi connectivity index (χ2n) is 9.58. The van der Waals surface area contributed by atoms with Gasteiger partial charge in [0.15, 0.2) is 11.5 Å². The summed E-state index contributed by atoms with van der Waals surface area (Å²) in [6, 6.07) is 12.5. The van der Waals surface area contributed by atoms with Crippen LogP contribution < -0.4 is 14.8 Å². The van der Waals surface area contributed by atoms with Gasteiger partial charge in [0.05, 0.1) is 6.61 Å². The van der Waals surface area contributed by atoms with Gasteiger partial charge in [0, 0.05) is 16.6 Å². The zero-order chi connectivity index (χ0) is 21.7. The third-order valence-corrected chi connectivity index (χ3v) is 5.36. The molecule has 0 atom stereocenters. The first-order valence-electron chi connectivity index (χ1n) is 10.4. The molecule has 0 aliphatic rings. The summed E-state index contributed by atoms with van der Waals surface area (Å²) in [5.74, 6) is 1.55. The van der Waals surface area contributed by atoms with E-state index in [9.17, 15) is 0 Å². The van der Waals surface area contributed by atoms with E-state index in [1.165, 1.54) is 11.1 Å². The van der Waals surface area contributed by atoms with E-state index < -0.39 is 0 Å². The van der Waals surface area contributed by atoms with E-state index in [1.807, 2.05) is 13.0 Å². The zero-order valence-corrected chi connectivity index (χ0v) is 20.6. The molecule has 0 saturated carbocycles. The first-order valence-corrected chi connectivity index (χ1v) is 11.2. The summed E-state index contributed by atoms with van der Waals surface area (Å²) in [5.41, 5.74) is 3.87. The molecule has 0 aliphatic heterocycles. The van der Waals surface area contributed by atoms with Gasteiger partial charge in [0.2, 0.25) is 0 Å². The number of benzene rings is 2. The van der Waals surface area contributed by atoms with Crippen LogP contribution in [0.3, 0.4) is 0 Å². The summed E-state index contributed by atoms with van der Waals surface area (Å²) in [5, 5.41) is 3.70. The summed E-state index contributed by atoms with van der Waals surface area (Å²) in [6.45, 7) is 17.3. The first kappa shape index (κ1) is 23.8. The Kier molecular flexibility index (Phi) is 8.18. The average Bonchev–Trinajstić information content (AvgIpc) is 2.58. The van der Waals surface area contributed by atoms with E-state index in [2.05, 4.69) is 93.1 Å². The van der Waals surface area contributed by atoms with Gasteiger partial charge in [-0.25, -0.2) is 0 Å². The van der Waals surface area contributed by atoms with Crippen molar-refractivity contribution in [3.05, 3.63) is 57.6 Å². The lowest BCUT2D eigenvalue weighted by Gasteiger charge is -2.33. The molecule has 0 aromatic heterocycles. The maximum atomic E-state index is 6.10. The highest BCUT2D eigenvalue weighted by molar-refractivity contribution is 9.10. The van der Waals surface area contributed by atoms with E-state index in [-0.39, 0.29) is 11.0 Å². The molecule has 0 amide bonds. The number of halogens is 1. The van der Waals surface area contributed by atoms with Crippen LogP contribution in [0.2, 0.25) is 0 Å². The third-order valence-electron chi connectivity index (χ3n) is 4.62. The molecule has 1 N–H and O–H groups in total. The van der Waals surface area contributed by atoms with Gasteiger partial charge in [-0.15, -0.1) is 0 Å². The second kappa shape index (κ2) is 9.99. The fraction of sp³-hybridized carbons (Fsp3) is 0.520. The monoisotopic (exact) mass is 461 g/mol.